The summed E-state index contributed by atoms with van der Waals surface area (Å²) in [5.74, 6) is -1.55. The molecule has 0 atom stereocenters. The highest BCUT2D eigenvalue weighted by molar-refractivity contribution is 5.90. The molecule has 0 unspecified atom stereocenters. The number of methoxy groups -OCH3 is 1. The van der Waals surface area contributed by atoms with Gasteiger partial charge in [-0.25, -0.2) is 9.59 Å². The van der Waals surface area contributed by atoms with Crippen molar-refractivity contribution in [2.45, 2.75) is 0 Å². The van der Waals surface area contributed by atoms with Gasteiger partial charge in [0.15, 0.2) is 0 Å². The lowest BCUT2D eigenvalue weighted by atomic mass is 10.2. The molecule has 0 saturated carbocycles. The highest BCUT2D eigenvalue weighted by Gasteiger charge is 2.04. The fourth-order valence-electron chi connectivity index (χ4n) is 0.941. The van der Waals surface area contributed by atoms with E-state index >= 15 is 0 Å². The second-order valence-corrected chi connectivity index (χ2v) is 2.63. The van der Waals surface area contributed by atoms with E-state index in [4.69, 9.17) is 5.11 Å². The predicted octanol–water partition coefficient (Wildman–Crippen LogP) is 0.966. The summed E-state index contributed by atoms with van der Waals surface area (Å²) in [6, 6.07) is 2.94. The Labute approximate surface area is 86.0 Å². The van der Waals surface area contributed by atoms with Crippen molar-refractivity contribution in [3.63, 3.8) is 0 Å². The Morgan fingerprint density at radius 3 is 2.87 bits per heavy atom. The van der Waals surface area contributed by atoms with E-state index in [1.54, 1.807) is 0 Å². The number of nitrogens with zero attached hydrogens (tertiary/aromatic N) is 1. The van der Waals surface area contributed by atoms with Gasteiger partial charge in [-0.15, -0.1) is 0 Å². The van der Waals surface area contributed by atoms with Crippen molar-refractivity contribution in [1.29, 1.82) is 0 Å². The molecule has 15 heavy (non-hydrogen) atoms. The molecule has 1 heterocycles. The molecule has 0 amide bonds. The van der Waals surface area contributed by atoms with Gasteiger partial charge in [-0.1, -0.05) is 0 Å². The molecule has 5 heteroatoms. The molecular formula is C10H9NO4. The number of carbonyl (C=O) groups is 2. The number of pyridine rings is 1. The van der Waals surface area contributed by atoms with E-state index in [0.29, 0.717) is 11.3 Å². The van der Waals surface area contributed by atoms with Crippen molar-refractivity contribution in [3.8, 4) is 0 Å². The summed E-state index contributed by atoms with van der Waals surface area (Å²) in [6.45, 7) is 0. The van der Waals surface area contributed by atoms with Crippen molar-refractivity contribution < 1.29 is 19.4 Å². The van der Waals surface area contributed by atoms with E-state index in [-0.39, 0.29) is 0 Å². The van der Waals surface area contributed by atoms with E-state index in [0.717, 1.165) is 6.08 Å². The number of carbonyl (C=O) groups excluding carboxylic acids is 1. The van der Waals surface area contributed by atoms with Crippen LogP contribution in [0.1, 0.15) is 16.1 Å². The fourth-order valence-corrected chi connectivity index (χ4v) is 0.941. The molecule has 0 aliphatic rings. The van der Waals surface area contributed by atoms with Crippen molar-refractivity contribution in [1.82, 2.24) is 4.98 Å². The molecule has 0 aromatic carbocycles. The van der Waals surface area contributed by atoms with Crippen LogP contribution in [0.15, 0.2) is 24.4 Å². The fraction of sp³-hybridized carbons (Fsp3) is 0.100. The first-order valence-electron chi connectivity index (χ1n) is 4.09. The number of carboxylic acids is 1. The lowest BCUT2D eigenvalue weighted by molar-refractivity contribution is -0.131. The van der Waals surface area contributed by atoms with Gasteiger partial charge in [0.25, 0.3) is 0 Å². The average Bonchev–Trinajstić information content (AvgIpc) is 2.25. The standard InChI is InChI=1S/C10H9NO4/c1-15-10(14)7-4-5-11-8(6-7)2-3-9(12)13/h2-6H,1H3,(H,12,13). The Hall–Kier alpha value is -2.17. The quantitative estimate of drug-likeness (QED) is 0.590. The SMILES string of the molecule is COC(=O)c1ccnc(C=CC(=O)O)c1. The smallest absolute Gasteiger partial charge is 0.337 e. The third kappa shape index (κ3) is 3.22. The molecule has 1 N–H and O–H groups in total. The van der Waals surface area contributed by atoms with Gasteiger partial charge in [-0.2, -0.15) is 0 Å². The lowest BCUT2D eigenvalue weighted by Crippen LogP contribution is -2.01. The Morgan fingerprint density at radius 2 is 2.27 bits per heavy atom. The van der Waals surface area contributed by atoms with E-state index < -0.39 is 11.9 Å². The lowest BCUT2D eigenvalue weighted by Gasteiger charge is -1.98. The minimum Gasteiger partial charge on any atom is -0.478 e. The number of aliphatic carboxylic acids is 1. The van der Waals surface area contributed by atoms with E-state index in [2.05, 4.69) is 9.72 Å². The molecule has 1 aromatic heterocycles. The molecule has 0 aliphatic heterocycles. The van der Waals surface area contributed by atoms with Crippen LogP contribution in [-0.4, -0.2) is 29.1 Å². The molecule has 1 rings (SSSR count). The number of rotatable bonds is 3. The first-order chi connectivity index (χ1) is 7.13. The van der Waals surface area contributed by atoms with E-state index in [1.807, 2.05) is 0 Å². The van der Waals surface area contributed by atoms with Gasteiger partial charge in [0.1, 0.15) is 0 Å². The van der Waals surface area contributed by atoms with Crippen LogP contribution >= 0.6 is 0 Å². The first-order valence-corrected chi connectivity index (χ1v) is 4.09. The predicted molar refractivity (Wildman–Crippen MR) is 52.2 cm³/mol. The molecule has 0 radical (unpaired) electrons. The van der Waals surface area contributed by atoms with Crippen LogP contribution in [0.4, 0.5) is 0 Å². The zero-order valence-corrected chi connectivity index (χ0v) is 8.01. The summed E-state index contributed by atoms with van der Waals surface area (Å²) < 4.78 is 4.51. The van der Waals surface area contributed by atoms with Gasteiger partial charge >= 0.3 is 11.9 Å². The van der Waals surface area contributed by atoms with Crippen LogP contribution in [0.2, 0.25) is 0 Å². The van der Waals surface area contributed by atoms with Crippen LogP contribution in [0.25, 0.3) is 6.08 Å². The Balaban J connectivity index is 2.92. The minimum atomic E-state index is -1.07. The van der Waals surface area contributed by atoms with E-state index in [9.17, 15) is 9.59 Å². The molecular weight excluding hydrogens is 198 g/mol. The molecule has 5 nitrogen and oxygen atoms in total. The van der Waals surface area contributed by atoms with Crippen molar-refractivity contribution in [3.05, 3.63) is 35.7 Å². The molecule has 0 fully saturated rings. The van der Waals surface area contributed by atoms with Crippen LogP contribution in [0.5, 0.6) is 0 Å². The third-order valence-corrected chi connectivity index (χ3v) is 1.60. The number of ether oxygens (including phenoxy) is 1. The van der Waals surface area contributed by atoms with Crippen LogP contribution in [0.3, 0.4) is 0 Å². The molecule has 78 valence electrons. The van der Waals surface area contributed by atoms with Crippen molar-refractivity contribution in [2.75, 3.05) is 7.11 Å². The molecule has 0 spiro atoms. The van der Waals surface area contributed by atoms with Gasteiger partial charge in [0.05, 0.1) is 18.4 Å². The highest BCUT2D eigenvalue weighted by Crippen LogP contribution is 2.04. The normalized spacial score (nSPS) is 10.2. The summed E-state index contributed by atoms with van der Waals surface area (Å²) in [4.78, 5) is 25.2. The molecule has 0 aliphatic carbocycles. The monoisotopic (exact) mass is 207 g/mol. The van der Waals surface area contributed by atoms with Crippen molar-refractivity contribution in [2.24, 2.45) is 0 Å². The second-order valence-electron chi connectivity index (χ2n) is 2.63. The van der Waals surface area contributed by atoms with Gasteiger partial charge in [-0.3, -0.25) is 4.98 Å². The third-order valence-electron chi connectivity index (χ3n) is 1.60. The molecule has 1 aromatic rings. The molecule has 0 saturated heterocycles. The number of aromatic nitrogens is 1. The Bertz CT molecular complexity index is 412. The second kappa shape index (κ2) is 4.90. The first kappa shape index (κ1) is 10.9. The number of esters is 1. The van der Waals surface area contributed by atoms with Crippen molar-refractivity contribution >= 4 is 18.0 Å². The largest absolute Gasteiger partial charge is 0.478 e. The zero-order valence-electron chi connectivity index (χ0n) is 8.01. The van der Waals surface area contributed by atoms with Crippen LogP contribution in [-0.2, 0) is 9.53 Å². The number of hydrogen-bond donors (Lipinski definition) is 1. The Kier molecular flexibility index (Phi) is 3.56. The summed E-state index contributed by atoms with van der Waals surface area (Å²) in [5, 5.41) is 8.39. The maximum absolute atomic E-state index is 11.1. The van der Waals surface area contributed by atoms with Gasteiger partial charge < -0.3 is 9.84 Å². The summed E-state index contributed by atoms with van der Waals surface area (Å²) in [5.41, 5.74) is 0.720. The van der Waals surface area contributed by atoms with Gasteiger partial charge in [-0.05, 0) is 18.2 Å². The van der Waals surface area contributed by atoms with Gasteiger partial charge in [0.2, 0.25) is 0 Å². The zero-order chi connectivity index (χ0) is 11.3. The minimum absolute atomic E-state index is 0.331. The van der Waals surface area contributed by atoms with Gasteiger partial charge in [0, 0.05) is 12.3 Å². The maximum atomic E-state index is 11.1. The summed E-state index contributed by atoms with van der Waals surface area (Å²) in [6.07, 6.45) is 3.66. The summed E-state index contributed by atoms with van der Waals surface area (Å²) in [7, 11) is 1.27. The Morgan fingerprint density at radius 1 is 1.53 bits per heavy atom. The summed E-state index contributed by atoms with van der Waals surface area (Å²) >= 11 is 0. The van der Waals surface area contributed by atoms with Crippen LogP contribution in [0, 0.1) is 0 Å². The highest BCUT2D eigenvalue weighted by atomic mass is 16.5. The van der Waals surface area contributed by atoms with E-state index in [1.165, 1.54) is 31.5 Å². The number of carboxylic acid groups (broad SMARTS) is 1. The topological polar surface area (TPSA) is 76.5 Å². The number of hydrogen-bond acceptors (Lipinski definition) is 4. The van der Waals surface area contributed by atoms with Crippen LogP contribution < -0.4 is 0 Å². The average molecular weight is 207 g/mol. The molecule has 0 bridgehead atoms. The maximum Gasteiger partial charge on any atom is 0.337 e.